The molecule has 11 rings (SSSR count). The maximum atomic E-state index is 12.4. The van der Waals surface area contributed by atoms with Crippen LogP contribution in [0.2, 0.25) is 0 Å². The first-order valence-electron chi connectivity index (χ1n) is 22.5. The van der Waals surface area contributed by atoms with Gasteiger partial charge in [-0.3, -0.25) is 9.98 Å². The van der Waals surface area contributed by atoms with Gasteiger partial charge < -0.3 is 36.0 Å². The summed E-state index contributed by atoms with van der Waals surface area (Å²) in [5.41, 5.74) is 5.03. The molecule has 0 aromatic heterocycles. The first-order valence-corrected chi connectivity index (χ1v) is 22.5. The van der Waals surface area contributed by atoms with E-state index in [-0.39, 0.29) is 68.4 Å². The quantitative estimate of drug-likeness (QED) is 0.0557. The average Bonchev–Trinajstić information content (AvgIpc) is 4.05. The number of fused-ring (bicyclic) bond motifs is 4. The van der Waals surface area contributed by atoms with Crippen LogP contribution in [-0.2, 0) is 12.8 Å². The Hall–Kier alpha value is -5.38. The zero-order chi connectivity index (χ0) is 41.7. The van der Waals surface area contributed by atoms with Crippen molar-refractivity contribution >= 4 is 34.9 Å². The van der Waals surface area contributed by atoms with Crippen molar-refractivity contribution in [2.75, 3.05) is 6.67 Å². The summed E-state index contributed by atoms with van der Waals surface area (Å²) in [6.07, 6.45) is 26.4. The molecule has 4 aromatic rings. The van der Waals surface area contributed by atoms with Crippen LogP contribution in [0.25, 0.3) is 22.9 Å². The molecule has 9 heteroatoms. The lowest BCUT2D eigenvalue weighted by Gasteiger charge is -2.72. The molecule has 0 unspecified atom stereocenters. The Balaban J connectivity index is 0.916. The number of nitrogens with one attached hydrogen (secondary N) is 1. The van der Waals surface area contributed by atoms with Crippen LogP contribution in [-0.4, -0.2) is 61.4 Å². The van der Waals surface area contributed by atoms with Gasteiger partial charge in [0.15, 0.2) is 23.0 Å². The number of phenols is 5. The molecular formula is C52H55N3O6. The second kappa shape index (κ2) is 14.3. The van der Waals surface area contributed by atoms with E-state index in [1.807, 2.05) is 6.08 Å². The number of phenolic OH excluding ortho intramolecular Hbond substituents is 5. The van der Waals surface area contributed by atoms with Crippen LogP contribution >= 0.6 is 0 Å². The average molecular weight is 818 g/mol. The number of hydrogen-bond donors (Lipinski definition) is 7. The van der Waals surface area contributed by atoms with Gasteiger partial charge in [0.2, 0.25) is 0 Å². The van der Waals surface area contributed by atoms with Crippen LogP contribution in [0, 0.1) is 39.9 Å². The summed E-state index contributed by atoms with van der Waals surface area (Å²) in [4.78, 5) is 10.0. The minimum Gasteiger partial charge on any atom is -0.507 e. The van der Waals surface area contributed by atoms with E-state index in [2.05, 4.69) is 60.1 Å². The molecule has 4 aromatic carbocycles. The van der Waals surface area contributed by atoms with Gasteiger partial charge in [-0.05, 0) is 132 Å². The van der Waals surface area contributed by atoms with E-state index in [1.54, 1.807) is 24.3 Å². The largest absolute Gasteiger partial charge is 0.507 e. The lowest BCUT2D eigenvalue weighted by molar-refractivity contribution is -0.196. The van der Waals surface area contributed by atoms with E-state index in [4.69, 9.17) is 9.98 Å². The summed E-state index contributed by atoms with van der Waals surface area (Å²) < 4.78 is 0. The van der Waals surface area contributed by atoms with Gasteiger partial charge in [-0.15, -0.1) is 0 Å². The number of nitrogens with zero attached hydrogens (tertiary/aromatic N) is 2. The van der Waals surface area contributed by atoms with Crippen LogP contribution in [0.3, 0.4) is 0 Å². The number of aliphatic hydroxyl groups is 1. The highest BCUT2D eigenvalue weighted by Crippen LogP contribution is 2.77. The van der Waals surface area contributed by atoms with Crippen molar-refractivity contribution in [2.24, 2.45) is 49.9 Å². The monoisotopic (exact) mass is 817 g/mol. The van der Waals surface area contributed by atoms with Gasteiger partial charge >= 0.3 is 0 Å². The van der Waals surface area contributed by atoms with Gasteiger partial charge in [0.25, 0.3) is 0 Å². The maximum Gasteiger partial charge on any atom is 0.169 e. The highest BCUT2D eigenvalue weighted by atomic mass is 16.3. The molecule has 2 spiro atoms. The maximum absolute atomic E-state index is 12.4. The van der Waals surface area contributed by atoms with Gasteiger partial charge in [-0.1, -0.05) is 91.8 Å². The summed E-state index contributed by atoms with van der Waals surface area (Å²) in [6, 6.07) is 18.3. The summed E-state index contributed by atoms with van der Waals surface area (Å²) in [5, 5.41) is 70.7. The third-order valence-electron chi connectivity index (χ3n) is 16.9. The summed E-state index contributed by atoms with van der Waals surface area (Å²) >= 11 is 0. The van der Waals surface area contributed by atoms with Crippen LogP contribution in [0.15, 0.2) is 95.0 Å². The Labute approximate surface area is 356 Å². The fourth-order valence-electron chi connectivity index (χ4n) is 14.6. The molecule has 0 amide bonds. The summed E-state index contributed by atoms with van der Waals surface area (Å²) in [6.45, 7) is 0.477. The molecule has 4 fully saturated rings. The first-order chi connectivity index (χ1) is 29.6. The molecule has 10 atom stereocenters. The van der Waals surface area contributed by atoms with Crippen molar-refractivity contribution in [3.05, 3.63) is 113 Å². The Morgan fingerprint density at radius 2 is 1.62 bits per heavy atom. The number of aryl methyl sites for hydroxylation is 1. The Morgan fingerprint density at radius 3 is 2.44 bits per heavy atom. The molecule has 5 aliphatic carbocycles. The minimum atomic E-state index is -0.513. The molecule has 2 heterocycles. The molecule has 0 saturated heterocycles. The van der Waals surface area contributed by atoms with Crippen molar-refractivity contribution in [3.8, 4) is 28.7 Å². The zero-order valence-electron chi connectivity index (χ0n) is 34.4. The minimum absolute atomic E-state index is 0.0140. The van der Waals surface area contributed by atoms with Crippen molar-refractivity contribution in [1.29, 1.82) is 0 Å². The number of rotatable bonds is 7. The Morgan fingerprint density at radius 1 is 0.770 bits per heavy atom. The van der Waals surface area contributed by atoms with Crippen molar-refractivity contribution in [2.45, 2.75) is 88.8 Å². The standard InChI is InChI=1S/C52H55N3O6/c56-40-20-12-31(26-43(40)59)11-17-36-37-6-1-7-41(57)45(37)47(61)46(60)38(36)18-10-30-8-13-32(14-9-30)39-19-15-33-27-35-5-3-23-51(35)25-24-50-22-2-4-34(50)16-21-42(58)48(50)52(51,49(33)55-39)44-28-53-29-54-44/h1,6-9,11-17,19-21,26,28,33-35,39,42,48-49,55-61H,2-5,10,18,22-25,27,29H2/t33-,34+,35-,39-,42+,48+,49+,50-,51+,52+/m0/s1. The summed E-state index contributed by atoms with van der Waals surface area (Å²) in [7, 11) is 0. The highest BCUT2D eigenvalue weighted by molar-refractivity contribution is 6.34. The molecular weight excluding hydrogens is 763 g/mol. The smallest absolute Gasteiger partial charge is 0.169 e. The Bertz CT molecular complexity index is 2580. The topological polar surface area (TPSA) is 158 Å². The third-order valence-corrected chi connectivity index (χ3v) is 16.9. The number of hydrogen-bond acceptors (Lipinski definition) is 9. The van der Waals surface area contributed by atoms with E-state index in [0.717, 1.165) is 11.3 Å². The molecule has 9 nitrogen and oxygen atoms in total. The van der Waals surface area contributed by atoms with Gasteiger partial charge in [0.1, 0.15) is 12.4 Å². The number of allylic oxidation sites excluding steroid dienone is 1. The SMILES string of the molecule is Oc1ccc(C=Cc2c(CCc3ccc([C@@H]4C=C[C@H]5C[C@@H]6CCC[C@@]67CC[C@@]68CCC[C@@H]6C=C[C@@H](O)[C@H]8[C@]7(C6=NCN=C6)[C@@H]5N4)cc3)c(O)c(O)c3c(O)cccc23)cc1O. The molecule has 314 valence electrons. The molecule has 2 aliphatic heterocycles. The second-order valence-corrected chi connectivity index (χ2v) is 19.2. The Kier molecular flexibility index (Phi) is 9.06. The number of aliphatic imine (C=N–C) groups is 2. The predicted molar refractivity (Wildman–Crippen MR) is 239 cm³/mol. The van der Waals surface area contributed by atoms with Gasteiger partial charge in [0, 0.05) is 29.2 Å². The first kappa shape index (κ1) is 38.5. The zero-order valence-corrected chi connectivity index (χ0v) is 34.4. The van der Waals surface area contributed by atoms with Gasteiger partial charge in [-0.25, -0.2) is 0 Å². The molecule has 7 N–H and O–H groups in total. The van der Waals surface area contributed by atoms with Crippen LogP contribution in [0.1, 0.15) is 91.6 Å². The molecule has 0 bridgehead atoms. The lowest BCUT2D eigenvalue weighted by Crippen LogP contribution is -2.76. The lowest BCUT2D eigenvalue weighted by atomic mass is 9.33. The van der Waals surface area contributed by atoms with E-state index in [1.165, 1.54) is 81.5 Å². The number of benzene rings is 4. The number of aliphatic hydroxyl groups excluding tert-OH is 1. The van der Waals surface area contributed by atoms with Crippen LogP contribution < -0.4 is 5.32 Å². The van der Waals surface area contributed by atoms with E-state index < -0.39 is 6.10 Å². The van der Waals surface area contributed by atoms with E-state index >= 15 is 0 Å². The fraction of sp³-hybridized carbons (Fsp3) is 0.423. The predicted octanol–water partition coefficient (Wildman–Crippen LogP) is 9.30. The van der Waals surface area contributed by atoms with Crippen LogP contribution in [0.5, 0.6) is 28.7 Å². The normalized spacial score (nSPS) is 34.6. The molecule has 7 aliphatic rings. The van der Waals surface area contributed by atoms with Crippen molar-refractivity contribution in [1.82, 2.24) is 5.32 Å². The van der Waals surface area contributed by atoms with E-state index in [9.17, 15) is 30.6 Å². The van der Waals surface area contributed by atoms with Crippen molar-refractivity contribution in [3.63, 3.8) is 0 Å². The fourth-order valence-corrected chi connectivity index (χ4v) is 14.6. The van der Waals surface area contributed by atoms with Gasteiger partial charge in [0.05, 0.1) is 23.2 Å². The van der Waals surface area contributed by atoms with E-state index in [0.29, 0.717) is 59.3 Å². The molecule has 61 heavy (non-hydrogen) atoms. The molecule has 0 radical (unpaired) electrons. The summed E-state index contributed by atoms with van der Waals surface area (Å²) in [5.74, 6) is 0.298. The second-order valence-electron chi connectivity index (χ2n) is 19.2. The van der Waals surface area contributed by atoms with Crippen LogP contribution in [0.4, 0.5) is 0 Å². The highest BCUT2D eigenvalue weighted by Gasteiger charge is 2.76. The van der Waals surface area contributed by atoms with Crippen molar-refractivity contribution < 1.29 is 30.6 Å². The third kappa shape index (κ3) is 5.58. The van der Waals surface area contributed by atoms with Gasteiger partial charge in [-0.2, -0.15) is 0 Å². The molecule has 4 saturated carbocycles. The number of aromatic hydroxyl groups is 5.